The first-order valence-electron chi connectivity index (χ1n) is 8.66. The Kier molecular flexibility index (Phi) is 5.91. The van der Waals surface area contributed by atoms with E-state index in [4.69, 9.17) is 4.42 Å². The Morgan fingerprint density at radius 3 is 2.50 bits per heavy atom. The van der Waals surface area contributed by atoms with E-state index in [1.54, 1.807) is 17.6 Å². The average Bonchev–Trinajstić information content (AvgIpc) is 3.24. The van der Waals surface area contributed by atoms with Crippen molar-refractivity contribution >= 4 is 22.9 Å². The van der Waals surface area contributed by atoms with Crippen LogP contribution in [-0.4, -0.2) is 17.4 Å². The Bertz CT molecular complexity index is 795. The molecular formula is C21H24N2O2S. The molecule has 5 heteroatoms. The highest BCUT2D eigenvalue weighted by molar-refractivity contribution is 7.09. The number of amides is 1. The van der Waals surface area contributed by atoms with Gasteiger partial charge in [-0.05, 0) is 55.5 Å². The van der Waals surface area contributed by atoms with E-state index in [-0.39, 0.29) is 5.91 Å². The quantitative estimate of drug-likeness (QED) is 0.645. The molecule has 26 heavy (non-hydrogen) atoms. The van der Waals surface area contributed by atoms with Crippen molar-refractivity contribution in [3.05, 3.63) is 75.4 Å². The minimum Gasteiger partial charge on any atom is -0.468 e. The zero-order chi connectivity index (χ0) is 18.5. The molecular weight excluding hydrogens is 344 g/mol. The summed E-state index contributed by atoms with van der Waals surface area (Å²) in [4.78, 5) is 16.0. The molecule has 0 saturated heterocycles. The van der Waals surface area contributed by atoms with Crippen molar-refractivity contribution in [3.8, 4) is 0 Å². The Morgan fingerprint density at radius 1 is 1.12 bits per heavy atom. The predicted octanol–water partition coefficient (Wildman–Crippen LogP) is 4.91. The fraction of sp³-hybridized carbons (Fsp3) is 0.286. The molecule has 0 spiro atoms. The van der Waals surface area contributed by atoms with E-state index < -0.39 is 0 Å². The van der Waals surface area contributed by atoms with E-state index in [0.29, 0.717) is 13.1 Å². The number of furan rings is 1. The zero-order valence-corrected chi connectivity index (χ0v) is 16.2. The van der Waals surface area contributed by atoms with E-state index in [0.717, 1.165) is 29.1 Å². The molecule has 0 unspecified atom stereocenters. The summed E-state index contributed by atoms with van der Waals surface area (Å²) in [6, 6.07) is 12.1. The maximum absolute atomic E-state index is 12.7. The highest BCUT2D eigenvalue weighted by Gasteiger charge is 2.15. The molecule has 1 N–H and O–H groups in total. The predicted molar refractivity (Wildman–Crippen MR) is 106 cm³/mol. The van der Waals surface area contributed by atoms with E-state index in [9.17, 15) is 4.79 Å². The highest BCUT2D eigenvalue weighted by Crippen LogP contribution is 2.22. The number of carbonyl (C=O) groups excluding carboxylic acids is 1. The van der Waals surface area contributed by atoms with Gasteiger partial charge in [0.2, 0.25) is 5.91 Å². The van der Waals surface area contributed by atoms with Crippen molar-refractivity contribution < 1.29 is 9.21 Å². The first-order chi connectivity index (χ1) is 12.5. The van der Waals surface area contributed by atoms with Gasteiger partial charge in [-0.25, -0.2) is 0 Å². The second-order valence-electron chi connectivity index (χ2n) is 6.63. The van der Waals surface area contributed by atoms with Gasteiger partial charge in [0.05, 0.1) is 19.4 Å². The monoisotopic (exact) mass is 368 g/mol. The molecule has 1 aromatic carbocycles. The molecule has 2 heterocycles. The molecule has 0 aliphatic rings. The van der Waals surface area contributed by atoms with Crippen molar-refractivity contribution in [2.24, 2.45) is 0 Å². The van der Waals surface area contributed by atoms with E-state index >= 15 is 0 Å². The molecule has 0 atom stereocenters. The molecule has 0 aliphatic heterocycles. The second kappa shape index (κ2) is 8.34. The molecule has 4 nitrogen and oxygen atoms in total. The van der Waals surface area contributed by atoms with Crippen LogP contribution in [-0.2, 0) is 17.9 Å². The summed E-state index contributed by atoms with van der Waals surface area (Å²) in [7, 11) is 0. The van der Waals surface area contributed by atoms with Gasteiger partial charge >= 0.3 is 0 Å². The van der Waals surface area contributed by atoms with Gasteiger partial charge in [0.1, 0.15) is 5.76 Å². The van der Waals surface area contributed by atoms with Gasteiger partial charge in [0.25, 0.3) is 0 Å². The van der Waals surface area contributed by atoms with Crippen molar-refractivity contribution in [2.45, 2.75) is 33.9 Å². The molecule has 0 saturated carbocycles. The first-order valence-corrected chi connectivity index (χ1v) is 9.54. The fourth-order valence-electron chi connectivity index (χ4n) is 3.17. The minimum absolute atomic E-state index is 0.0110. The number of thiophene rings is 1. The molecule has 0 aliphatic carbocycles. The van der Waals surface area contributed by atoms with Gasteiger partial charge in [-0.1, -0.05) is 23.8 Å². The Morgan fingerprint density at radius 2 is 1.88 bits per heavy atom. The van der Waals surface area contributed by atoms with Crippen molar-refractivity contribution in [3.63, 3.8) is 0 Å². The summed E-state index contributed by atoms with van der Waals surface area (Å²) in [5.41, 5.74) is 4.29. The fourth-order valence-corrected chi connectivity index (χ4v) is 3.92. The number of rotatable bonds is 7. The normalized spacial score (nSPS) is 11.1. The van der Waals surface area contributed by atoms with Gasteiger partial charge < -0.3 is 9.73 Å². The smallest absolute Gasteiger partial charge is 0.238 e. The van der Waals surface area contributed by atoms with E-state index in [1.165, 1.54) is 10.4 Å². The van der Waals surface area contributed by atoms with Crippen molar-refractivity contribution in [1.82, 2.24) is 4.90 Å². The number of benzene rings is 1. The standard InChI is InChI=1S/C21H24N2O2S/c1-15-10-16(2)21(17(3)11-15)22-20(24)14-23(12-18-6-4-8-25-18)13-19-7-5-9-26-19/h4-11H,12-14H2,1-3H3,(H,22,24). The molecule has 0 fully saturated rings. The Labute approximate surface area is 158 Å². The Hall–Kier alpha value is -2.37. The van der Waals surface area contributed by atoms with Crippen LogP contribution >= 0.6 is 11.3 Å². The number of hydrogen-bond acceptors (Lipinski definition) is 4. The third-order valence-corrected chi connectivity index (χ3v) is 5.09. The maximum Gasteiger partial charge on any atom is 0.238 e. The maximum atomic E-state index is 12.7. The lowest BCUT2D eigenvalue weighted by Gasteiger charge is -2.21. The van der Waals surface area contributed by atoms with Crippen molar-refractivity contribution in [1.29, 1.82) is 0 Å². The molecule has 0 bridgehead atoms. The largest absolute Gasteiger partial charge is 0.468 e. The van der Waals surface area contributed by atoms with Gasteiger partial charge in [0.15, 0.2) is 0 Å². The van der Waals surface area contributed by atoms with Crippen LogP contribution in [0.1, 0.15) is 27.3 Å². The van der Waals surface area contributed by atoms with Gasteiger partial charge in [-0.2, -0.15) is 0 Å². The average molecular weight is 369 g/mol. The molecule has 1 amide bonds. The summed E-state index contributed by atoms with van der Waals surface area (Å²) in [5.74, 6) is 0.847. The van der Waals surface area contributed by atoms with Crippen LogP contribution in [0.5, 0.6) is 0 Å². The summed E-state index contributed by atoms with van der Waals surface area (Å²) in [6.45, 7) is 7.76. The van der Waals surface area contributed by atoms with Gasteiger partial charge in [-0.3, -0.25) is 9.69 Å². The number of nitrogens with one attached hydrogen (secondary N) is 1. The van der Waals surface area contributed by atoms with Crippen LogP contribution in [0.25, 0.3) is 0 Å². The lowest BCUT2D eigenvalue weighted by Crippen LogP contribution is -2.32. The SMILES string of the molecule is Cc1cc(C)c(NC(=O)CN(Cc2ccco2)Cc2cccs2)c(C)c1. The van der Waals surface area contributed by atoms with E-state index in [1.807, 2.05) is 32.0 Å². The molecule has 2 aromatic heterocycles. The van der Waals surface area contributed by atoms with Crippen LogP contribution in [0, 0.1) is 20.8 Å². The highest BCUT2D eigenvalue weighted by atomic mass is 32.1. The third-order valence-electron chi connectivity index (χ3n) is 4.23. The molecule has 3 aromatic rings. The number of aryl methyl sites for hydroxylation is 3. The number of carbonyl (C=O) groups is 1. The lowest BCUT2D eigenvalue weighted by atomic mass is 10.1. The van der Waals surface area contributed by atoms with Crippen LogP contribution in [0.3, 0.4) is 0 Å². The summed E-state index contributed by atoms with van der Waals surface area (Å²) >= 11 is 1.70. The summed E-state index contributed by atoms with van der Waals surface area (Å²) < 4.78 is 5.46. The van der Waals surface area contributed by atoms with Crippen LogP contribution in [0.4, 0.5) is 5.69 Å². The number of anilines is 1. The zero-order valence-electron chi connectivity index (χ0n) is 15.4. The number of hydrogen-bond donors (Lipinski definition) is 1. The van der Waals surface area contributed by atoms with Gasteiger partial charge in [0, 0.05) is 17.1 Å². The van der Waals surface area contributed by atoms with Crippen LogP contribution in [0.2, 0.25) is 0 Å². The third kappa shape index (κ3) is 4.84. The molecule has 3 rings (SSSR count). The van der Waals surface area contributed by atoms with Crippen LogP contribution < -0.4 is 5.32 Å². The molecule has 0 radical (unpaired) electrons. The lowest BCUT2D eigenvalue weighted by molar-refractivity contribution is -0.117. The van der Waals surface area contributed by atoms with Crippen LogP contribution in [0.15, 0.2) is 52.5 Å². The summed E-state index contributed by atoms with van der Waals surface area (Å²) in [5, 5.41) is 5.14. The number of nitrogens with zero attached hydrogens (tertiary/aromatic N) is 1. The first kappa shape index (κ1) is 18.4. The topological polar surface area (TPSA) is 45.5 Å². The van der Waals surface area contributed by atoms with Gasteiger partial charge in [-0.15, -0.1) is 11.3 Å². The van der Waals surface area contributed by atoms with E-state index in [2.05, 4.69) is 40.7 Å². The second-order valence-corrected chi connectivity index (χ2v) is 7.66. The van der Waals surface area contributed by atoms with Crippen molar-refractivity contribution in [2.75, 3.05) is 11.9 Å². The Balaban J connectivity index is 1.70. The summed E-state index contributed by atoms with van der Waals surface area (Å²) in [6.07, 6.45) is 1.66. The molecule has 136 valence electrons. The minimum atomic E-state index is -0.0110.